The van der Waals surface area contributed by atoms with Crippen LogP contribution in [0.3, 0.4) is 0 Å². The van der Waals surface area contributed by atoms with Crippen molar-refractivity contribution in [3.8, 4) is 0 Å². The summed E-state index contributed by atoms with van der Waals surface area (Å²) in [6, 6.07) is 0. The Morgan fingerprint density at radius 2 is 2.07 bits per heavy atom. The van der Waals surface area contributed by atoms with Crippen LogP contribution in [-0.4, -0.2) is 28.8 Å². The van der Waals surface area contributed by atoms with Crippen LogP contribution in [0.5, 0.6) is 0 Å². The molecule has 0 aromatic carbocycles. The lowest BCUT2D eigenvalue weighted by Gasteiger charge is -2.26. The summed E-state index contributed by atoms with van der Waals surface area (Å²) in [4.78, 5) is 6.09. The van der Waals surface area contributed by atoms with E-state index in [0.29, 0.717) is 0 Å². The zero-order valence-electron chi connectivity index (χ0n) is 8.95. The van der Waals surface area contributed by atoms with Gasteiger partial charge in [0.2, 0.25) is 5.28 Å². The average molecular weight is 215 g/mol. The number of anilines is 1. The van der Waals surface area contributed by atoms with Crippen molar-refractivity contribution < 1.29 is 0 Å². The van der Waals surface area contributed by atoms with Gasteiger partial charge in [-0.05, 0) is 17.0 Å². The molecule has 0 bridgehead atoms. The predicted molar refractivity (Wildman–Crippen MR) is 57.6 cm³/mol. The molecule has 0 saturated heterocycles. The third-order valence-corrected chi connectivity index (χ3v) is 1.78. The normalized spacial score (nSPS) is 11.5. The van der Waals surface area contributed by atoms with E-state index in [1.165, 1.54) is 0 Å². The smallest absolute Gasteiger partial charge is 0.244 e. The van der Waals surface area contributed by atoms with Gasteiger partial charge in [-0.1, -0.05) is 20.8 Å². The quantitative estimate of drug-likeness (QED) is 0.756. The first-order valence-electron chi connectivity index (χ1n) is 4.45. The lowest BCUT2D eigenvalue weighted by Crippen LogP contribution is -2.29. The Hall–Kier alpha value is -0.900. The number of hydrogen-bond donors (Lipinski definition) is 0. The van der Waals surface area contributed by atoms with Gasteiger partial charge >= 0.3 is 0 Å². The minimum Gasteiger partial charge on any atom is -0.358 e. The van der Waals surface area contributed by atoms with E-state index in [2.05, 4.69) is 36.0 Å². The molecule has 0 aliphatic heterocycles. The molecule has 0 atom stereocenters. The first kappa shape index (κ1) is 11.2. The summed E-state index contributed by atoms with van der Waals surface area (Å²) in [5.74, 6) is 0.750. The summed E-state index contributed by atoms with van der Waals surface area (Å²) in [6.07, 6.45) is 1.61. The Labute approximate surface area is 89.3 Å². The van der Waals surface area contributed by atoms with Crippen molar-refractivity contribution in [1.29, 1.82) is 0 Å². The number of hydrogen-bond acceptors (Lipinski definition) is 4. The van der Waals surface area contributed by atoms with Crippen LogP contribution in [0.1, 0.15) is 20.8 Å². The molecule has 0 aliphatic carbocycles. The number of rotatable bonds is 2. The van der Waals surface area contributed by atoms with Crippen molar-refractivity contribution in [3.63, 3.8) is 0 Å². The lowest BCUT2D eigenvalue weighted by atomic mass is 9.96. The van der Waals surface area contributed by atoms with E-state index in [-0.39, 0.29) is 10.7 Å². The number of aromatic nitrogens is 3. The molecular weight excluding hydrogens is 200 g/mol. The second kappa shape index (κ2) is 4.09. The fraction of sp³-hybridized carbons (Fsp3) is 0.667. The highest BCUT2D eigenvalue weighted by atomic mass is 35.5. The fourth-order valence-corrected chi connectivity index (χ4v) is 1.38. The molecule has 0 unspecified atom stereocenters. The topological polar surface area (TPSA) is 41.9 Å². The van der Waals surface area contributed by atoms with Crippen LogP contribution in [0, 0.1) is 5.41 Å². The standard InChI is InChI=1S/C9H15ClN4/c1-9(2,3)6-14(4)7-5-11-13-8(10)12-7/h5H,6H2,1-4H3. The van der Waals surface area contributed by atoms with Gasteiger partial charge in [-0.25, -0.2) is 0 Å². The van der Waals surface area contributed by atoms with Gasteiger partial charge in [-0.15, -0.1) is 5.10 Å². The van der Waals surface area contributed by atoms with Crippen LogP contribution >= 0.6 is 11.6 Å². The Bertz CT molecular complexity index is 308. The highest BCUT2D eigenvalue weighted by molar-refractivity contribution is 6.28. The minimum absolute atomic E-state index is 0.184. The predicted octanol–water partition coefficient (Wildman–Crippen LogP) is 2.01. The highest BCUT2D eigenvalue weighted by Crippen LogP contribution is 2.18. The van der Waals surface area contributed by atoms with Gasteiger partial charge in [0.1, 0.15) is 0 Å². The van der Waals surface area contributed by atoms with E-state index in [0.717, 1.165) is 12.4 Å². The molecule has 0 saturated carbocycles. The SMILES string of the molecule is CN(CC(C)(C)C)c1cnnc(Cl)n1. The molecule has 0 amide bonds. The second-order valence-corrected chi connectivity index (χ2v) is 4.84. The maximum Gasteiger partial charge on any atom is 0.244 e. The van der Waals surface area contributed by atoms with Gasteiger partial charge in [0, 0.05) is 13.6 Å². The Kier molecular flexibility index (Phi) is 3.26. The third-order valence-electron chi connectivity index (χ3n) is 1.62. The first-order chi connectivity index (χ1) is 6.38. The fourth-order valence-electron chi connectivity index (χ4n) is 1.25. The zero-order chi connectivity index (χ0) is 10.8. The van der Waals surface area contributed by atoms with Gasteiger partial charge in [-0.3, -0.25) is 0 Å². The molecule has 0 spiro atoms. The molecule has 1 aromatic heterocycles. The van der Waals surface area contributed by atoms with Crippen LogP contribution < -0.4 is 4.90 Å². The molecule has 5 heteroatoms. The number of halogens is 1. The van der Waals surface area contributed by atoms with E-state index in [9.17, 15) is 0 Å². The van der Waals surface area contributed by atoms with Gasteiger partial charge in [0.15, 0.2) is 5.82 Å². The Balaban J connectivity index is 2.74. The first-order valence-corrected chi connectivity index (χ1v) is 4.83. The lowest BCUT2D eigenvalue weighted by molar-refractivity contribution is 0.417. The van der Waals surface area contributed by atoms with Gasteiger partial charge in [0.25, 0.3) is 0 Å². The molecule has 0 N–H and O–H groups in total. The zero-order valence-corrected chi connectivity index (χ0v) is 9.71. The third kappa shape index (κ3) is 3.46. The van der Waals surface area contributed by atoms with E-state index < -0.39 is 0 Å². The van der Waals surface area contributed by atoms with Gasteiger partial charge in [0.05, 0.1) is 6.20 Å². The summed E-state index contributed by atoms with van der Waals surface area (Å²) in [6.45, 7) is 7.39. The van der Waals surface area contributed by atoms with Crippen molar-refractivity contribution in [2.75, 3.05) is 18.5 Å². The van der Waals surface area contributed by atoms with Crippen LogP contribution in [0.2, 0.25) is 5.28 Å². The van der Waals surface area contributed by atoms with Crippen LogP contribution in [-0.2, 0) is 0 Å². The van der Waals surface area contributed by atoms with Crippen molar-refractivity contribution in [2.45, 2.75) is 20.8 Å². The molecule has 0 radical (unpaired) electrons. The molecule has 14 heavy (non-hydrogen) atoms. The Morgan fingerprint density at radius 1 is 1.43 bits per heavy atom. The summed E-state index contributed by atoms with van der Waals surface area (Å²) in [5, 5.41) is 7.53. The van der Waals surface area contributed by atoms with Crippen molar-refractivity contribution in [2.24, 2.45) is 5.41 Å². The summed E-state index contributed by atoms with van der Waals surface area (Å²) >= 11 is 5.65. The summed E-state index contributed by atoms with van der Waals surface area (Å²) in [7, 11) is 1.96. The second-order valence-electron chi connectivity index (χ2n) is 4.50. The van der Waals surface area contributed by atoms with Crippen molar-refractivity contribution >= 4 is 17.4 Å². The maximum atomic E-state index is 5.65. The summed E-state index contributed by atoms with van der Waals surface area (Å²) < 4.78 is 0. The van der Waals surface area contributed by atoms with E-state index >= 15 is 0 Å². The molecule has 4 nitrogen and oxygen atoms in total. The average Bonchev–Trinajstić information content (AvgIpc) is 2.01. The van der Waals surface area contributed by atoms with Crippen molar-refractivity contribution in [1.82, 2.24) is 15.2 Å². The molecule has 1 rings (SSSR count). The highest BCUT2D eigenvalue weighted by Gasteiger charge is 2.15. The van der Waals surface area contributed by atoms with Crippen LogP contribution in [0.25, 0.3) is 0 Å². The maximum absolute atomic E-state index is 5.65. The van der Waals surface area contributed by atoms with Gasteiger partial charge < -0.3 is 4.90 Å². The molecule has 1 aromatic rings. The molecule has 0 fully saturated rings. The largest absolute Gasteiger partial charge is 0.358 e. The van der Waals surface area contributed by atoms with Crippen LogP contribution in [0.4, 0.5) is 5.82 Å². The van der Waals surface area contributed by atoms with E-state index in [1.54, 1.807) is 6.20 Å². The molecule has 1 heterocycles. The summed E-state index contributed by atoms with van der Waals surface area (Å²) in [5.41, 5.74) is 0.214. The monoisotopic (exact) mass is 214 g/mol. The minimum atomic E-state index is 0.184. The van der Waals surface area contributed by atoms with Gasteiger partial charge in [-0.2, -0.15) is 10.1 Å². The van der Waals surface area contributed by atoms with Crippen molar-refractivity contribution in [3.05, 3.63) is 11.5 Å². The Morgan fingerprint density at radius 3 is 2.57 bits per heavy atom. The molecular formula is C9H15ClN4. The van der Waals surface area contributed by atoms with Crippen LogP contribution in [0.15, 0.2) is 6.20 Å². The van der Waals surface area contributed by atoms with E-state index in [4.69, 9.17) is 11.6 Å². The molecule has 0 aliphatic rings. The van der Waals surface area contributed by atoms with E-state index in [1.807, 2.05) is 11.9 Å². The molecule has 78 valence electrons. The number of nitrogens with zero attached hydrogens (tertiary/aromatic N) is 4.